The molecule has 10 N–H and O–H groups in total. The van der Waals surface area contributed by atoms with Crippen molar-refractivity contribution in [1.82, 2.24) is 76.0 Å². The molecule has 117 heavy (non-hydrogen) atoms. The molecule has 0 aromatic heterocycles. The Morgan fingerprint density at radius 1 is 0.419 bits per heavy atom. The molecule has 0 bridgehead atoms. The maximum Gasteiger partial charge on any atom is 0.326 e. The number of carbonyl (C=O) groups excluding carboxylic acids is 9. The van der Waals surface area contributed by atoms with Gasteiger partial charge in [0.1, 0.15) is 36.8 Å². The third kappa shape index (κ3) is 26.7. The van der Waals surface area contributed by atoms with Crippen LogP contribution in [0.2, 0.25) is 0 Å². The zero-order valence-electron chi connectivity index (χ0n) is 75.1. The summed E-state index contributed by atoms with van der Waals surface area (Å²) in [5.74, 6) is -3.83. The van der Waals surface area contributed by atoms with Crippen LogP contribution < -0.4 is 31.9 Å². The number of nitrogens with zero attached hydrogens (tertiary/aromatic N) is 9. The van der Waals surface area contributed by atoms with E-state index in [0.717, 1.165) is 77.5 Å². The fourth-order valence-electron chi connectivity index (χ4n) is 18.5. The van der Waals surface area contributed by atoms with Gasteiger partial charge in [-0.3, -0.25) is 62.6 Å². The first-order valence-corrected chi connectivity index (χ1v) is 43.8. The van der Waals surface area contributed by atoms with E-state index in [2.05, 4.69) is 95.1 Å². The number of hydrogen-bond donors (Lipinski definition) is 10. The van der Waals surface area contributed by atoms with Gasteiger partial charge in [0.05, 0.1) is 42.0 Å². The largest absolute Gasteiger partial charge is 0.480 e. The number of aliphatic hydroxyl groups excluding tert-OH is 1. The first-order valence-electron chi connectivity index (χ1n) is 43.8. The lowest BCUT2D eigenvalue weighted by Gasteiger charge is -2.42. The Balaban J connectivity index is 0.000000273. The van der Waals surface area contributed by atoms with E-state index in [0.29, 0.717) is 84.6 Å². The van der Waals surface area contributed by atoms with Gasteiger partial charge in [-0.05, 0) is 168 Å². The predicted molar refractivity (Wildman–Crippen MR) is 449 cm³/mol. The molecule has 0 aliphatic carbocycles. The fourth-order valence-corrected chi connectivity index (χ4v) is 18.5. The number of likely N-dealkylation sites (tertiary alicyclic amines) is 5. The molecule has 7 unspecified atom stereocenters. The van der Waals surface area contributed by atoms with Crippen LogP contribution in [0.3, 0.4) is 0 Å². The van der Waals surface area contributed by atoms with Crippen molar-refractivity contribution in [3.8, 4) is 0 Å². The average molecular weight is 1650 g/mol. The molecule has 31 nitrogen and oxygen atoms in total. The average Bonchev–Trinajstić information content (AvgIpc) is 1.73. The molecular formula is C86H153N15O16. The van der Waals surface area contributed by atoms with Crippen LogP contribution in [0, 0.1) is 69.5 Å². The summed E-state index contributed by atoms with van der Waals surface area (Å²) in [6, 6.07) is -5.68. The third-order valence-corrected chi connectivity index (χ3v) is 26.4. The Morgan fingerprint density at radius 2 is 0.735 bits per heavy atom. The predicted octanol–water partition coefficient (Wildman–Crippen LogP) is 4.19. The van der Waals surface area contributed by atoms with E-state index < -0.39 is 82.5 Å². The van der Waals surface area contributed by atoms with Gasteiger partial charge >= 0.3 is 17.9 Å². The van der Waals surface area contributed by atoms with Gasteiger partial charge < -0.3 is 81.7 Å². The molecule has 31 heteroatoms. The lowest BCUT2D eigenvalue weighted by molar-refractivity contribution is -0.154. The summed E-state index contributed by atoms with van der Waals surface area (Å²) in [7, 11) is 6.88. The quantitative estimate of drug-likeness (QED) is 0.0525. The summed E-state index contributed by atoms with van der Waals surface area (Å²) in [6.45, 7) is 44.6. The van der Waals surface area contributed by atoms with Crippen LogP contribution in [-0.2, 0) is 57.5 Å². The van der Waals surface area contributed by atoms with Crippen molar-refractivity contribution in [3.05, 3.63) is 0 Å². The summed E-state index contributed by atoms with van der Waals surface area (Å²) >= 11 is 0. The number of hydrogen-bond acceptors (Lipinski definition) is 19. The van der Waals surface area contributed by atoms with Gasteiger partial charge in [-0.25, -0.2) is 9.59 Å². The molecule has 0 radical (unpaired) electrons. The van der Waals surface area contributed by atoms with Crippen molar-refractivity contribution in [1.29, 1.82) is 0 Å². The Morgan fingerprint density at radius 3 is 1.04 bits per heavy atom. The Hall–Kier alpha value is -6.64. The number of amides is 9. The number of carboxylic acids is 3. The van der Waals surface area contributed by atoms with Crippen LogP contribution in [-0.4, -0.2) is 335 Å². The third-order valence-electron chi connectivity index (χ3n) is 26.4. The number of β-amino-alcohol motifs (C(OH)–C–C–N with tert-alkyl or cyclic N) is 1. The van der Waals surface area contributed by atoms with Gasteiger partial charge in [0.15, 0.2) is 0 Å². The van der Waals surface area contributed by atoms with Crippen LogP contribution in [0.4, 0.5) is 0 Å². The normalized spacial score (nSPS) is 27.2. The van der Waals surface area contributed by atoms with E-state index in [9.17, 15) is 72.9 Å². The second-order valence-corrected chi connectivity index (χ2v) is 39.6. The molecule has 0 spiro atoms. The highest BCUT2D eigenvalue weighted by molar-refractivity contribution is 5.93. The summed E-state index contributed by atoms with van der Waals surface area (Å²) in [5, 5.41) is 57.6. The summed E-state index contributed by atoms with van der Waals surface area (Å²) in [6.07, 6.45) is 8.57. The van der Waals surface area contributed by atoms with Crippen molar-refractivity contribution in [2.75, 3.05) is 126 Å². The minimum atomic E-state index is -1.10. The molecule has 8 aliphatic rings. The summed E-state index contributed by atoms with van der Waals surface area (Å²) in [5.41, 5.74) is -1.48. The lowest BCUT2D eigenvalue weighted by atomic mass is 9.83. The Bertz CT molecular complexity index is 3230. The van der Waals surface area contributed by atoms with E-state index in [1.807, 2.05) is 76.2 Å². The molecular weight excluding hydrogens is 1500 g/mol. The van der Waals surface area contributed by atoms with Gasteiger partial charge in [0.2, 0.25) is 53.2 Å². The SMILES string of the molecule is CC1CCNCC1C(=O)N[C@H](C(=O)N(C)[C@H](CN1CCC[C@H]1C(=O)N(C)CC(=O)O)C(C)C)C(C)(C)C.CC1CCNCC1C(=O)N[C@H](C(=O)N(C)[C@H](CN1CCC[C@H]1C(=O)N1CC(O)C[C@H]1C(=O)O)C(C)C)C(C)(C)C.CC1CCNCC1C(=O)N[C@H](C(=O)N(C)[C@H](CN1CCC[C@H]1C(=O)N1CCCC[C@H]1C(=O)O)C(C)C)C(C)(C)C. The van der Waals surface area contributed by atoms with Crippen molar-refractivity contribution < 1.29 is 78.0 Å². The van der Waals surface area contributed by atoms with Gasteiger partial charge in [0, 0.05) is 105 Å². The molecule has 0 aromatic carbocycles. The smallest absolute Gasteiger partial charge is 0.326 e. The van der Waals surface area contributed by atoms with E-state index in [1.165, 1.54) is 16.8 Å². The maximum absolute atomic E-state index is 14.0. The minimum absolute atomic E-state index is 0.0221. The second-order valence-electron chi connectivity index (χ2n) is 39.6. The highest BCUT2D eigenvalue weighted by atomic mass is 16.4. The molecule has 8 heterocycles. The van der Waals surface area contributed by atoms with Gasteiger partial charge in [0.25, 0.3) is 0 Å². The molecule has 9 amide bonds. The molecule has 8 saturated heterocycles. The number of aliphatic carboxylic acids is 3. The van der Waals surface area contributed by atoms with Crippen LogP contribution in [0.5, 0.6) is 0 Å². The zero-order valence-corrected chi connectivity index (χ0v) is 75.1. The standard InChI is InChI=1S/C30H53N5O5.C29H51N5O6.C27H49N5O5/c1-19(2)24(18-34-15-10-12-22(34)27(37)35-16-9-8-11-23(35)29(39)40)33(7)28(38)25(30(4,5)6)32-26(36)21-17-31-14-13-20(21)3;1-17(2)23(16-33-12-8-9-21(33)26(37)34-15-19(35)13-22(34)28(39)40)32(7)27(38)24(29(4,5)6)31-25(36)20-14-30-11-10-18(20)3;1-17(2)21(15-32-13-9-10-20(32)25(36)30(7)16-22(33)34)31(8)26(37)23(27(4,5)6)29-24(35)19-14-28-12-11-18(19)3/h19-25,31H,8-18H2,1-7H3,(H,32,36)(H,39,40);17-24,30,35H,8-16H2,1-7H3,(H,31,36)(H,39,40);17-21,23,28H,9-16H2,1-8H3,(H,29,35)(H,33,34)/t20?,21?,22-,23-,24+,25+;18?,19?,20?,21-,22-,23+,24+;18?,19?,20-,21+,23+/m000/s1. The first kappa shape index (κ1) is 99.2. The van der Waals surface area contributed by atoms with Gasteiger partial charge in [-0.2, -0.15) is 0 Å². The Kier molecular flexibility index (Phi) is 37.1. The Labute approximate surface area is 698 Å². The van der Waals surface area contributed by atoms with E-state index in [4.69, 9.17) is 5.11 Å². The van der Waals surface area contributed by atoms with Crippen molar-refractivity contribution >= 4 is 71.1 Å². The number of piperidine rings is 4. The number of carboxylic acid groups (broad SMARTS) is 3. The van der Waals surface area contributed by atoms with Crippen LogP contribution in [0.25, 0.3) is 0 Å². The molecule has 0 aromatic rings. The molecule has 0 saturated carbocycles. The van der Waals surface area contributed by atoms with Gasteiger partial charge in [-0.1, -0.05) is 125 Å². The van der Waals surface area contributed by atoms with Crippen LogP contribution in [0.1, 0.15) is 208 Å². The molecule has 668 valence electrons. The van der Waals surface area contributed by atoms with E-state index in [-0.39, 0.29) is 150 Å². The van der Waals surface area contributed by atoms with Crippen molar-refractivity contribution in [3.63, 3.8) is 0 Å². The fraction of sp³-hybridized carbons (Fsp3) is 0.860. The van der Waals surface area contributed by atoms with E-state index >= 15 is 0 Å². The second kappa shape index (κ2) is 43.7. The van der Waals surface area contributed by atoms with Crippen molar-refractivity contribution in [2.24, 2.45) is 69.5 Å². The maximum atomic E-state index is 14.0. The molecule has 8 fully saturated rings. The first-order chi connectivity index (χ1) is 54.5. The minimum Gasteiger partial charge on any atom is -0.480 e. The summed E-state index contributed by atoms with van der Waals surface area (Å²) < 4.78 is 0. The van der Waals surface area contributed by atoms with E-state index in [1.54, 1.807) is 40.7 Å². The molecule has 8 aliphatic heterocycles. The number of aliphatic hydroxyl groups is 1. The monoisotopic (exact) mass is 1650 g/mol. The zero-order chi connectivity index (χ0) is 87.8. The highest BCUT2D eigenvalue weighted by Crippen LogP contribution is 2.34. The lowest BCUT2D eigenvalue weighted by Crippen LogP contribution is -2.60. The molecule has 18 atom stereocenters. The number of rotatable bonds is 28. The van der Waals surface area contributed by atoms with Gasteiger partial charge in [-0.15, -0.1) is 0 Å². The van der Waals surface area contributed by atoms with Crippen LogP contribution >= 0.6 is 0 Å². The number of carbonyl (C=O) groups is 12. The summed E-state index contributed by atoms with van der Waals surface area (Å²) in [4.78, 5) is 172. The number of likely N-dealkylation sites (N-methyl/N-ethyl adjacent to an activating group) is 4. The highest BCUT2D eigenvalue weighted by Gasteiger charge is 2.49. The van der Waals surface area contributed by atoms with Crippen molar-refractivity contribution in [2.45, 2.75) is 281 Å². The number of nitrogens with one attached hydrogen (secondary N) is 6. The van der Waals surface area contributed by atoms with Crippen LogP contribution in [0.15, 0.2) is 0 Å². The molecule has 8 rings (SSSR count). The topological polar surface area (TPSA) is 387 Å².